The van der Waals surface area contributed by atoms with Gasteiger partial charge in [0.05, 0.1) is 17.3 Å². The fourth-order valence-corrected chi connectivity index (χ4v) is 5.30. The summed E-state index contributed by atoms with van der Waals surface area (Å²) < 4.78 is 12.3. The van der Waals surface area contributed by atoms with Crippen LogP contribution in [-0.2, 0) is 4.74 Å². The third-order valence-electron chi connectivity index (χ3n) is 6.16. The molecule has 3 aromatic rings. The van der Waals surface area contributed by atoms with Crippen molar-refractivity contribution in [2.45, 2.75) is 43.7 Å². The Morgan fingerprint density at radius 2 is 1.97 bits per heavy atom. The molecule has 1 amide bonds. The summed E-state index contributed by atoms with van der Waals surface area (Å²) in [7, 11) is 1.43. The van der Waals surface area contributed by atoms with Gasteiger partial charge in [-0.25, -0.2) is 14.8 Å². The summed E-state index contributed by atoms with van der Waals surface area (Å²) >= 11 is 1.69. The van der Waals surface area contributed by atoms with Crippen LogP contribution in [0, 0.1) is 0 Å². The van der Waals surface area contributed by atoms with E-state index in [1.54, 1.807) is 22.4 Å². The molecule has 0 bridgehead atoms. The van der Waals surface area contributed by atoms with Gasteiger partial charge in [-0.15, -0.1) is 0 Å². The predicted octanol–water partition coefficient (Wildman–Crippen LogP) is 4.66. The minimum atomic E-state index is -0.248. The summed E-state index contributed by atoms with van der Waals surface area (Å²) in [5, 5.41) is 4.51. The van der Waals surface area contributed by atoms with E-state index in [2.05, 4.69) is 27.4 Å². The van der Waals surface area contributed by atoms with Crippen molar-refractivity contribution < 1.29 is 14.3 Å². The smallest absolute Gasteiger partial charge is 0.409 e. The Morgan fingerprint density at radius 3 is 2.74 bits per heavy atom. The summed E-state index contributed by atoms with van der Waals surface area (Å²) in [6.07, 6.45) is 5.36. The lowest BCUT2D eigenvalue weighted by atomic mass is 9.88. The average Bonchev–Trinajstić information content (AvgIpc) is 3.20. The van der Waals surface area contributed by atoms with Crippen LogP contribution in [0.25, 0.3) is 10.2 Å². The molecule has 1 saturated heterocycles. The van der Waals surface area contributed by atoms with Crippen LogP contribution in [-0.4, -0.2) is 53.3 Å². The molecule has 0 radical (unpaired) electrons. The number of aromatic nitrogens is 2. The van der Waals surface area contributed by atoms with Gasteiger partial charge in [-0.3, -0.25) is 0 Å². The van der Waals surface area contributed by atoms with Crippen molar-refractivity contribution in [2.24, 2.45) is 0 Å². The number of nitrogens with one attached hydrogen (secondary N) is 1. The molecule has 1 N–H and O–H groups in total. The van der Waals surface area contributed by atoms with Crippen LogP contribution in [0.4, 0.5) is 9.93 Å². The zero-order valence-corrected chi connectivity index (χ0v) is 18.3. The van der Waals surface area contributed by atoms with Crippen molar-refractivity contribution in [1.29, 1.82) is 0 Å². The fraction of sp³-hybridized carbons (Fsp3) is 0.435. The van der Waals surface area contributed by atoms with Crippen molar-refractivity contribution in [3.63, 3.8) is 0 Å². The lowest BCUT2D eigenvalue weighted by molar-refractivity contribution is 0.0982. The van der Waals surface area contributed by atoms with Gasteiger partial charge in [0.15, 0.2) is 5.13 Å². The fourth-order valence-electron chi connectivity index (χ4n) is 4.36. The number of carbonyl (C=O) groups is 1. The zero-order chi connectivity index (χ0) is 21.2. The van der Waals surface area contributed by atoms with E-state index >= 15 is 0 Å². The maximum atomic E-state index is 11.7. The third-order valence-corrected chi connectivity index (χ3v) is 7.13. The first-order chi connectivity index (χ1) is 15.2. The highest BCUT2D eigenvalue weighted by Crippen LogP contribution is 2.36. The van der Waals surface area contributed by atoms with E-state index in [1.165, 1.54) is 11.8 Å². The number of methoxy groups -OCH3 is 1. The number of fused-ring (bicyclic) bond motifs is 1. The maximum Gasteiger partial charge on any atom is 0.409 e. The van der Waals surface area contributed by atoms with Crippen LogP contribution in [0.5, 0.6) is 5.88 Å². The molecular formula is C23H26N4O3S. The van der Waals surface area contributed by atoms with E-state index in [1.807, 2.05) is 24.3 Å². The van der Waals surface area contributed by atoms with Gasteiger partial charge in [-0.1, -0.05) is 29.5 Å². The predicted molar refractivity (Wildman–Crippen MR) is 121 cm³/mol. The van der Waals surface area contributed by atoms with Crippen LogP contribution < -0.4 is 10.1 Å². The van der Waals surface area contributed by atoms with E-state index in [0.717, 1.165) is 47.8 Å². The molecule has 2 aromatic heterocycles. The Hall–Kier alpha value is -2.87. The molecule has 1 aliphatic heterocycles. The largest absolute Gasteiger partial charge is 0.474 e. The van der Waals surface area contributed by atoms with Crippen molar-refractivity contribution in [2.75, 3.05) is 25.5 Å². The van der Waals surface area contributed by atoms with Gasteiger partial charge in [0.1, 0.15) is 6.10 Å². The van der Waals surface area contributed by atoms with Gasteiger partial charge in [0, 0.05) is 43.7 Å². The molecule has 162 valence electrons. The van der Waals surface area contributed by atoms with Crippen molar-refractivity contribution in [3.8, 4) is 5.88 Å². The van der Waals surface area contributed by atoms with E-state index in [9.17, 15) is 4.79 Å². The number of piperidine rings is 1. The molecule has 2 aliphatic rings. The number of benzene rings is 1. The Bertz CT molecular complexity index is 1020. The van der Waals surface area contributed by atoms with Crippen molar-refractivity contribution in [3.05, 3.63) is 48.2 Å². The van der Waals surface area contributed by atoms with Crippen molar-refractivity contribution >= 4 is 32.8 Å². The standard InChI is InChI=1S/C23H26N4O3S/c1-29-23(28)27-11-8-15(9-12-27)18-5-4-10-24-21(18)30-17-13-16(14-17)25-22-26-19-6-2-3-7-20(19)31-22/h2-7,10,15-17H,8-9,11-14H2,1H3,(H,25,26)/t16-,17+. The van der Waals surface area contributed by atoms with Gasteiger partial charge in [0.25, 0.3) is 0 Å². The molecule has 5 rings (SSSR count). The molecule has 1 aliphatic carbocycles. The monoisotopic (exact) mass is 438 g/mol. The SMILES string of the molecule is COC(=O)N1CCC(c2cccnc2O[C@H]2C[C@@H](Nc3nc4ccccc4s3)C2)CC1. The zero-order valence-electron chi connectivity index (χ0n) is 17.5. The van der Waals surface area contributed by atoms with E-state index in [0.29, 0.717) is 25.0 Å². The minimum Gasteiger partial charge on any atom is -0.474 e. The second kappa shape index (κ2) is 8.70. The summed E-state index contributed by atoms with van der Waals surface area (Å²) in [6, 6.07) is 12.7. The highest BCUT2D eigenvalue weighted by molar-refractivity contribution is 7.22. The molecule has 1 saturated carbocycles. The van der Waals surface area contributed by atoms with Crippen LogP contribution in [0.15, 0.2) is 42.6 Å². The number of thiazole rings is 1. The summed E-state index contributed by atoms with van der Waals surface area (Å²) in [5.74, 6) is 1.09. The lowest BCUT2D eigenvalue weighted by Gasteiger charge is -2.36. The number of rotatable bonds is 5. The number of anilines is 1. The summed E-state index contributed by atoms with van der Waals surface area (Å²) in [4.78, 5) is 22.7. The van der Waals surface area contributed by atoms with E-state index in [4.69, 9.17) is 9.47 Å². The number of ether oxygens (including phenoxy) is 2. The molecular weight excluding hydrogens is 412 g/mol. The van der Waals surface area contributed by atoms with Crippen LogP contribution in [0.2, 0.25) is 0 Å². The van der Waals surface area contributed by atoms with Gasteiger partial charge >= 0.3 is 6.09 Å². The number of amides is 1. The number of likely N-dealkylation sites (tertiary alicyclic amines) is 1. The number of hydrogen-bond acceptors (Lipinski definition) is 7. The molecule has 31 heavy (non-hydrogen) atoms. The average molecular weight is 439 g/mol. The Morgan fingerprint density at radius 1 is 1.16 bits per heavy atom. The Balaban J connectivity index is 1.16. The van der Waals surface area contributed by atoms with Gasteiger partial charge in [0.2, 0.25) is 5.88 Å². The molecule has 0 unspecified atom stereocenters. The van der Waals surface area contributed by atoms with Crippen molar-refractivity contribution in [1.82, 2.24) is 14.9 Å². The number of para-hydroxylation sites is 1. The Labute approximate surface area is 185 Å². The van der Waals surface area contributed by atoms with Crippen LogP contribution in [0.3, 0.4) is 0 Å². The minimum absolute atomic E-state index is 0.163. The second-order valence-corrected chi connectivity index (χ2v) is 9.20. The van der Waals surface area contributed by atoms with Gasteiger partial charge < -0.3 is 19.7 Å². The lowest BCUT2D eigenvalue weighted by Crippen LogP contribution is -2.43. The Kier molecular flexibility index (Phi) is 5.63. The molecule has 3 heterocycles. The normalized spacial score (nSPS) is 21.5. The molecule has 1 aromatic carbocycles. The number of carbonyl (C=O) groups excluding carboxylic acids is 1. The molecule has 7 nitrogen and oxygen atoms in total. The molecule has 8 heteroatoms. The topological polar surface area (TPSA) is 76.6 Å². The summed E-state index contributed by atoms with van der Waals surface area (Å²) in [5.41, 5.74) is 2.19. The molecule has 0 spiro atoms. The van der Waals surface area contributed by atoms with Gasteiger partial charge in [-0.05, 0) is 37.0 Å². The number of hydrogen-bond donors (Lipinski definition) is 1. The number of pyridine rings is 1. The quantitative estimate of drug-likeness (QED) is 0.624. The number of nitrogens with zero attached hydrogens (tertiary/aromatic N) is 3. The first-order valence-corrected chi connectivity index (χ1v) is 11.6. The molecule has 2 fully saturated rings. The van der Waals surface area contributed by atoms with Crippen LogP contribution >= 0.6 is 11.3 Å². The summed E-state index contributed by atoms with van der Waals surface area (Å²) in [6.45, 7) is 1.40. The maximum absolute atomic E-state index is 11.7. The first-order valence-electron chi connectivity index (χ1n) is 10.8. The highest BCUT2D eigenvalue weighted by Gasteiger charge is 2.33. The van der Waals surface area contributed by atoms with E-state index < -0.39 is 0 Å². The third kappa shape index (κ3) is 4.30. The second-order valence-electron chi connectivity index (χ2n) is 8.17. The first kappa shape index (κ1) is 20.1. The van der Waals surface area contributed by atoms with E-state index in [-0.39, 0.29) is 12.2 Å². The molecule has 0 atom stereocenters. The van der Waals surface area contributed by atoms with Gasteiger partial charge in [-0.2, -0.15) is 0 Å². The van der Waals surface area contributed by atoms with Crippen LogP contribution in [0.1, 0.15) is 37.2 Å². The highest BCUT2D eigenvalue weighted by atomic mass is 32.1.